The van der Waals surface area contributed by atoms with Gasteiger partial charge in [0.2, 0.25) is 0 Å². The van der Waals surface area contributed by atoms with E-state index in [1.807, 2.05) is 30.3 Å². The van der Waals surface area contributed by atoms with Gasteiger partial charge in [0.25, 0.3) is 0 Å². The molecule has 0 bridgehead atoms. The number of aromatic nitrogens is 2. The fraction of sp³-hybridized carbons (Fsp3) is 0.136. The quantitative estimate of drug-likeness (QED) is 0.304. The number of H-pyrrole nitrogens is 2. The van der Waals surface area contributed by atoms with Crippen LogP contribution in [0.25, 0.3) is 11.0 Å². The zero-order valence-corrected chi connectivity index (χ0v) is 18.7. The summed E-state index contributed by atoms with van der Waals surface area (Å²) in [6.07, 6.45) is 0. The smallest absolute Gasteiger partial charge is 0.323 e. The van der Waals surface area contributed by atoms with Gasteiger partial charge >= 0.3 is 5.69 Å². The van der Waals surface area contributed by atoms with Crippen molar-refractivity contribution in [3.8, 4) is 11.5 Å². The van der Waals surface area contributed by atoms with Crippen LogP contribution < -0.4 is 20.5 Å². The highest BCUT2D eigenvalue weighted by atomic mass is 79.9. The summed E-state index contributed by atoms with van der Waals surface area (Å²) in [6.45, 7) is 0.694. The number of benzene rings is 3. The van der Waals surface area contributed by atoms with Gasteiger partial charge in [-0.05, 0) is 64.0 Å². The van der Waals surface area contributed by atoms with E-state index in [4.69, 9.17) is 21.1 Å². The Morgan fingerprint density at radius 1 is 1.10 bits per heavy atom. The summed E-state index contributed by atoms with van der Waals surface area (Å²) < 4.78 is 25.3. The third kappa shape index (κ3) is 4.86. The lowest BCUT2D eigenvalue weighted by atomic mass is 10.2. The Balaban J connectivity index is 1.49. The minimum atomic E-state index is -0.397. The van der Waals surface area contributed by atoms with Crippen LogP contribution >= 0.6 is 27.5 Å². The van der Waals surface area contributed by atoms with Crippen molar-refractivity contribution in [1.29, 1.82) is 0 Å². The largest absolute Gasteiger partial charge is 0.493 e. The van der Waals surface area contributed by atoms with Crippen molar-refractivity contribution in [3.63, 3.8) is 0 Å². The van der Waals surface area contributed by atoms with E-state index in [9.17, 15) is 9.18 Å². The van der Waals surface area contributed by atoms with Crippen LogP contribution in [0, 0.1) is 5.82 Å². The van der Waals surface area contributed by atoms with Crippen LogP contribution in [-0.4, -0.2) is 17.1 Å². The first kappa shape index (κ1) is 21.3. The molecular weight excluding hydrogens is 489 g/mol. The minimum absolute atomic E-state index is 0.167. The second-order valence-electron chi connectivity index (χ2n) is 6.83. The maximum atomic E-state index is 13.2. The highest BCUT2D eigenvalue weighted by Gasteiger charge is 2.13. The standard InChI is InChI=1S/C22H18BrClFN3O3/c1-30-20-7-12(10-26-15-4-5-18-19(9-15)28-22(29)27-18)6-16(23)21(20)31-11-13-2-3-14(25)8-17(13)24/h2-9,26H,10-11H2,1H3,(H2,27,28,29). The van der Waals surface area contributed by atoms with Gasteiger partial charge in [-0.2, -0.15) is 0 Å². The average Bonchev–Trinajstić information content (AvgIpc) is 3.11. The molecule has 4 aromatic rings. The molecule has 0 fully saturated rings. The van der Waals surface area contributed by atoms with Gasteiger partial charge in [0, 0.05) is 17.8 Å². The predicted molar refractivity (Wildman–Crippen MR) is 123 cm³/mol. The molecule has 0 saturated carbocycles. The lowest BCUT2D eigenvalue weighted by Gasteiger charge is -2.15. The molecular formula is C22H18BrClFN3O3. The summed E-state index contributed by atoms with van der Waals surface area (Å²) in [5.74, 6) is 0.680. The zero-order valence-electron chi connectivity index (χ0n) is 16.4. The number of nitrogens with one attached hydrogen (secondary N) is 3. The van der Waals surface area contributed by atoms with Gasteiger partial charge in [-0.25, -0.2) is 9.18 Å². The Morgan fingerprint density at radius 2 is 1.90 bits per heavy atom. The third-order valence-corrected chi connectivity index (χ3v) is 5.63. The molecule has 6 nitrogen and oxygen atoms in total. The molecule has 0 aliphatic heterocycles. The third-order valence-electron chi connectivity index (χ3n) is 4.69. The first-order valence-corrected chi connectivity index (χ1v) is 10.5. The number of rotatable bonds is 7. The van der Waals surface area contributed by atoms with E-state index in [-0.39, 0.29) is 12.3 Å². The van der Waals surface area contributed by atoms with E-state index < -0.39 is 5.82 Å². The van der Waals surface area contributed by atoms with Crippen LogP contribution in [0.5, 0.6) is 11.5 Å². The van der Waals surface area contributed by atoms with Crippen LogP contribution in [0.2, 0.25) is 5.02 Å². The number of anilines is 1. The number of ether oxygens (including phenoxy) is 2. The molecule has 3 aromatic carbocycles. The number of hydrogen-bond acceptors (Lipinski definition) is 4. The van der Waals surface area contributed by atoms with E-state index in [2.05, 4.69) is 31.2 Å². The van der Waals surface area contributed by atoms with E-state index in [0.29, 0.717) is 33.1 Å². The lowest BCUT2D eigenvalue weighted by Crippen LogP contribution is -2.03. The molecule has 0 saturated heterocycles. The molecule has 0 aliphatic rings. The van der Waals surface area contributed by atoms with Crippen molar-refractivity contribution in [1.82, 2.24) is 9.97 Å². The van der Waals surface area contributed by atoms with Crippen molar-refractivity contribution >= 4 is 44.3 Å². The van der Waals surface area contributed by atoms with Gasteiger partial charge in [-0.3, -0.25) is 0 Å². The maximum Gasteiger partial charge on any atom is 0.323 e. The molecule has 0 aliphatic carbocycles. The molecule has 1 heterocycles. The van der Waals surface area contributed by atoms with Crippen molar-refractivity contribution in [2.45, 2.75) is 13.2 Å². The van der Waals surface area contributed by atoms with Gasteiger partial charge in [-0.15, -0.1) is 0 Å². The number of aromatic amines is 2. The Morgan fingerprint density at radius 3 is 2.68 bits per heavy atom. The number of hydrogen-bond donors (Lipinski definition) is 3. The van der Waals surface area contributed by atoms with Gasteiger partial charge in [0.15, 0.2) is 11.5 Å². The summed E-state index contributed by atoms with van der Waals surface area (Å²) >= 11 is 9.61. The van der Waals surface area contributed by atoms with E-state index >= 15 is 0 Å². The Labute approximate surface area is 190 Å². The van der Waals surface area contributed by atoms with Gasteiger partial charge in [0.1, 0.15) is 12.4 Å². The molecule has 4 rings (SSSR count). The summed E-state index contributed by atoms with van der Waals surface area (Å²) in [5.41, 5.74) is 3.74. The van der Waals surface area contributed by atoms with Gasteiger partial charge in [-0.1, -0.05) is 17.7 Å². The van der Waals surface area contributed by atoms with Crippen LogP contribution in [0.15, 0.2) is 57.8 Å². The minimum Gasteiger partial charge on any atom is -0.493 e. The molecule has 0 radical (unpaired) electrons. The second kappa shape index (κ2) is 9.03. The molecule has 9 heteroatoms. The molecule has 160 valence electrons. The molecule has 0 spiro atoms. The molecule has 0 amide bonds. The van der Waals surface area contributed by atoms with Crippen molar-refractivity contribution in [3.05, 3.63) is 85.5 Å². The monoisotopic (exact) mass is 505 g/mol. The van der Waals surface area contributed by atoms with Crippen LogP contribution in [0.1, 0.15) is 11.1 Å². The Bertz CT molecular complexity index is 1310. The molecule has 31 heavy (non-hydrogen) atoms. The van der Waals surface area contributed by atoms with Gasteiger partial charge in [0.05, 0.1) is 27.6 Å². The highest BCUT2D eigenvalue weighted by molar-refractivity contribution is 9.10. The Kier molecular flexibility index (Phi) is 6.20. The fourth-order valence-electron chi connectivity index (χ4n) is 3.15. The summed E-state index contributed by atoms with van der Waals surface area (Å²) in [6, 6.07) is 13.6. The first-order chi connectivity index (χ1) is 14.9. The van der Waals surface area contributed by atoms with E-state index in [1.165, 1.54) is 12.1 Å². The average molecular weight is 507 g/mol. The first-order valence-electron chi connectivity index (χ1n) is 9.32. The SMILES string of the molecule is COc1cc(CNc2ccc3[nH]c(=O)[nH]c3c2)cc(Br)c1OCc1ccc(F)cc1Cl. The molecule has 3 N–H and O–H groups in total. The molecule has 0 atom stereocenters. The number of fused-ring (bicyclic) bond motifs is 1. The summed E-state index contributed by atoms with van der Waals surface area (Å²) in [5, 5.41) is 3.63. The van der Waals surface area contributed by atoms with E-state index in [1.54, 1.807) is 13.2 Å². The number of methoxy groups -OCH3 is 1. The van der Waals surface area contributed by atoms with Crippen LogP contribution in [0.4, 0.5) is 10.1 Å². The lowest BCUT2D eigenvalue weighted by molar-refractivity contribution is 0.282. The maximum absolute atomic E-state index is 13.2. The molecule has 0 unspecified atom stereocenters. The van der Waals surface area contributed by atoms with Crippen LogP contribution in [0.3, 0.4) is 0 Å². The van der Waals surface area contributed by atoms with Crippen molar-refractivity contribution < 1.29 is 13.9 Å². The number of halogens is 3. The summed E-state index contributed by atoms with van der Waals surface area (Å²) in [4.78, 5) is 16.9. The number of imidazole rings is 1. The van der Waals surface area contributed by atoms with Crippen LogP contribution in [-0.2, 0) is 13.2 Å². The topological polar surface area (TPSA) is 79.1 Å². The van der Waals surface area contributed by atoms with Crippen molar-refractivity contribution in [2.75, 3.05) is 12.4 Å². The Hall–Kier alpha value is -2.97. The normalized spacial score (nSPS) is 11.0. The zero-order chi connectivity index (χ0) is 22.0. The predicted octanol–water partition coefficient (Wildman–Crippen LogP) is 5.61. The fourth-order valence-corrected chi connectivity index (χ4v) is 3.98. The summed E-state index contributed by atoms with van der Waals surface area (Å²) in [7, 11) is 1.56. The van der Waals surface area contributed by atoms with Gasteiger partial charge < -0.3 is 24.8 Å². The van der Waals surface area contributed by atoms with E-state index in [0.717, 1.165) is 22.3 Å². The molecule has 1 aromatic heterocycles. The second-order valence-corrected chi connectivity index (χ2v) is 8.09. The van der Waals surface area contributed by atoms with Crippen molar-refractivity contribution in [2.24, 2.45) is 0 Å². The highest BCUT2D eigenvalue weighted by Crippen LogP contribution is 2.37.